The molecule has 8 unspecified atom stereocenters. The standard InChI is InChI=1S/C14H20O4.C13H22O3.C12H20O4.C12H22O4.C9H15NO2.2C9H16O3.C8H13NO2.C8H16O3.C6H12O2/c1-4-14(2,3)13(16)18-10-7-5-8-9(6-7)12(15)17-11(8)10;1-5-12(2,3)11(15)16-13(4)8-6-10(14)7-9-13;1-6-11(2,3)10(14)16-8-9(13)15-7-12(8,4)5;1-6-11(2,3)10(13)14-7-9-8-15-12(4,5)16-9;1-4-9(2,3)8(11)12-7-5-6-10;1-4-9(2,3)8(10)12-6-7-5-11-7;1-5-9(3,4)8(11)12-6-7(2)10;1-4-8(2,3)7(10)11-6-5-9;1-5-8(2,3)7(9)11-6-10-4;1-4-6(2,3)5(7)8/h7-11H,4-6H2,1-3H3;5-9H2,1-4H3;8H,6-7H2,1-5H3;9H,6-8H2,1-5H3;4-5,7H2,1-3H3;7H,4-6H2,1-3H3;5-6H2,1-4H3;4,6H2,1-3H3;5-6H2,1-4H3;4H2,1-3H3,(H,7,8). The second kappa shape index (κ2) is 57.0. The molecule has 8 atom stereocenters. The van der Waals surface area contributed by atoms with Crippen LogP contribution in [0.25, 0.3) is 0 Å². The van der Waals surface area contributed by atoms with Gasteiger partial charge in [-0.1, -0.05) is 83.1 Å². The lowest BCUT2D eigenvalue weighted by Crippen LogP contribution is -2.40. The minimum atomic E-state index is -0.772. The predicted octanol–water partition coefficient (Wildman–Crippen LogP) is 18.2. The fourth-order valence-electron chi connectivity index (χ4n) is 10.6. The quantitative estimate of drug-likeness (QED) is 0.0205. The second-order valence-corrected chi connectivity index (χ2v) is 42.2. The highest BCUT2D eigenvalue weighted by Crippen LogP contribution is 2.56. The van der Waals surface area contributed by atoms with Crippen molar-refractivity contribution in [2.24, 2.45) is 77.3 Å². The summed E-state index contributed by atoms with van der Waals surface area (Å²) in [4.78, 5) is 159. The summed E-state index contributed by atoms with van der Waals surface area (Å²) in [5.74, 6) is -2.94. The Balaban J connectivity index is -0.00000141. The van der Waals surface area contributed by atoms with Gasteiger partial charge in [-0.3, -0.25) is 62.3 Å². The molecule has 0 radical (unpaired) electrons. The van der Waals surface area contributed by atoms with E-state index in [0.29, 0.717) is 76.6 Å². The van der Waals surface area contributed by atoms with Gasteiger partial charge < -0.3 is 76.2 Å². The number of ketones is 2. The molecular weight excluding hydrogens is 1710 g/mol. The van der Waals surface area contributed by atoms with Crippen molar-refractivity contribution in [3.05, 3.63) is 0 Å². The fraction of sp³-hybridized carbons (Fsp3) is 0.840. The van der Waals surface area contributed by atoms with Gasteiger partial charge in [0, 0.05) is 37.2 Å². The number of Topliss-reactive ketones (excluding diaryl/α,β-unsaturated/α-hetero) is 2. The highest BCUT2D eigenvalue weighted by Gasteiger charge is 2.64. The van der Waals surface area contributed by atoms with E-state index in [1.54, 1.807) is 47.6 Å². The summed E-state index contributed by atoms with van der Waals surface area (Å²) in [6, 6.07) is 3.67. The number of aliphatic carboxylic acids is 1. The normalized spacial score (nSPS) is 20.4. The molecule has 132 heavy (non-hydrogen) atoms. The maximum absolute atomic E-state index is 12.1. The van der Waals surface area contributed by atoms with Gasteiger partial charge in [-0.25, -0.2) is 4.79 Å². The van der Waals surface area contributed by atoms with Crippen molar-refractivity contribution in [1.82, 2.24) is 0 Å². The number of epoxide rings is 1. The van der Waals surface area contributed by atoms with Crippen LogP contribution in [0.4, 0.5) is 0 Å². The lowest BCUT2D eigenvalue weighted by atomic mass is 9.84. The van der Waals surface area contributed by atoms with E-state index < -0.39 is 83.6 Å². The molecule has 3 saturated carbocycles. The molecule has 32 heteroatoms. The van der Waals surface area contributed by atoms with Gasteiger partial charge in [0.25, 0.3) is 0 Å². The number of methoxy groups -OCH3 is 1. The maximum Gasteiger partial charge on any atom is 0.348 e. The Labute approximate surface area is 789 Å². The number of carbonyl (C=O) groups excluding carboxylic acids is 13. The molecule has 4 heterocycles. The van der Waals surface area contributed by atoms with Crippen molar-refractivity contribution < 1.29 is 143 Å². The summed E-state index contributed by atoms with van der Waals surface area (Å²) < 4.78 is 76.7. The maximum atomic E-state index is 12.1. The first-order valence-corrected chi connectivity index (χ1v) is 46.8. The van der Waals surface area contributed by atoms with Crippen molar-refractivity contribution in [1.29, 1.82) is 10.5 Å². The largest absolute Gasteiger partial charge is 0.481 e. The van der Waals surface area contributed by atoms with Gasteiger partial charge in [0.1, 0.15) is 74.9 Å². The summed E-state index contributed by atoms with van der Waals surface area (Å²) >= 11 is 0. The number of carboxylic acid groups (broad SMARTS) is 1. The number of rotatable bonds is 34. The number of hydrogen-bond acceptors (Lipinski definition) is 31. The lowest BCUT2D eigenvalue weighted by molar-refractivity contribution is -0.173. The van der Waals surface area contributed by atoms with Gasteiger partial charge in [0.2, 0.25) is 6.10 Å². The van der Waals surface area contributed by atoms with E-state index >= 15 is 0 Å². The van der Waals surface area contributed by atoms with Crippen molar-refractivity contribution >= 4 is 83.2 Å². The van der Waals surface area contributed by atoms with E-state index in [0.717, 1.165) is 64.4 Å². The van der Waals surface area contributed by atoms with E-state index in [1.807, 2.05) is 207 Å². The van der Waals surface area contributed by atoms with E-state index in [4.69, 9.17) is 77.2 Å². The van der Waals surface area contributed by atoms with Crippen molar-refractivity contribution in [3.63, 3.8) is 0 Å². The molecule has 0 spiro atoms. The first-order chi connectivity index (χ1) is 60.3. The van der Waals surface area contributed by atoms with Gasteiger partial charge in [0.15, 0.2) is 25.0 Å². The Hall–Kier alpha value is -8.20. The number of carbonyl (C=O) groups is 14. The molecule has 762 valence electrons. The van der Waals surface area contributed by atoms with E-state index in [9.17, 15) is 67.1 Å². The number of esters is 11. The molecule has 7 aliphatic rings. The molecule has 3 aliphatic carbocycles. The Morgan fingerprint density at radius 3 is 1.19 bits per heavy atom. The number of hydrogen-bond donors (Lipinski definition) is 1. The Morgan fingerprint density at radius 2 is 0.841 bits per heavy atom. The van der Waals surface area contributed by atoms with E-state index in [1.165, 1.54) is 14.0 Å². The van der Waals surface area contributed by atoms with Gasteiger partial charge in [-0.15, -0.1) is 0 Å². The molecule has 0 amide bonds. The smallest absolute Gasteiger partial charge is 0.348 e. The van der Waals surface area contributed by atoms with Gasteiger partial charge in [-0.05, 0) is 256 Å². The predicted molar refractivity (Wildman–Crippen MR) is 494 cm³/mol. The zero-order valence-electron chi connectivity index (χ0n) is 87.7. The van der Waals surface area contributed by atoms with Crippen LogP contribution in [-0.4, -0.2) is 197 Å². The number of fused-ring (bicyclic) bond motifs is 1. The number of carboxylic acids is 1. The second-order valence-electron chi connectivity index (χ2n) is 42.2. The molecular formula is C100H172N2O30. The number of cyclic esters (lactones) is 1. The van der Waals surface area contributed by atoms with Crippen LogP contribution in [0.15, 0.2) is 0 Å². The lowest BCUT2D eigenvalue weighted by Gasteiger charge is -2.35. The van der Waals surface area contributed by atoms with Crippen LogP contribution >= 0.6 is 0 Å². The summed E-state index contributed by atoms with van der Waals surface area (Å²) in [6.45, 7) is 69.1. The summed E-state index contributed by atoms with van der Waals surface area (Å²) in [5.41, 5.74) is -5.37. The highest BCUT2D eigenvalue weighted by atomic mass is 16.8. The van der Waals surface area contributed by atoms with Crippen LogP contribution in [0.2, 0.25) is 0 Å². The van der Waals surface area contributed by atoms with Crippen LogP contribution in [0, 0.1) is 100.0 Å². The van der Waals surface area contributed by atoms with Gasteiger partial charge in [-0.2, -0.15) is 10.5 Å². The third kappa shape index (κ3) is 45.9. The molecule has 1 N–H and O–H groups in total. The zero-order valence-corrected chi connectivity index (χ0v) is 87.7. The first kappa shape index (κ1) is 128. The SMILES string of the molecule is CCC(C)(C)C(=O)O.CCC(C)(C)C(=O)OC1(C)CCC(=O)CC1.CCC(C)(C)C(=O)OC1C(=O)OCC1(C)C.CCC(C)(C)C(=O)OC1C2CC3C(=O)OC1C3C2.CCC(C)(C)C(=O)OCC#N.CCC(C)(C)C(=O)OCC(C)=O.CCC(C)(C)C(=O)OCC1CO1.CCC(C)(C)C(=O)OCC1COC(C)(C)O1.CCC(C)(C)C(=O)OCCC#N.CCC(C)(C)C(=O)OCOC. The topological polar surface area (TPSA) is 449 Å². The third-order valence-corrected chi connectivity index (χ3v) is 25.7. The number of nitriles is 2. The Bertz CT molecular complexity index is 3750. The third-order valence-electron chi connectivity index (χ3n) is 25.7. The van der Waals surface area contributed by atoms with Gasteiger partial charge in [0.05, 0.1) is 85.8 Å². The van der Waals surface area contributed by atoms with Crippen LogP contribution in [-0.2, 0) is 138 Å². The first-order valence-electron chi connectivity index (χ1n) is 46.8. The van der Waals surface area contributed by atoms with E-state index in [2.05, 4.69) is 9.47 Å². The summed E-state index contributed by atoms with van der Waals surface area (Å²) in [5, 5.41) is 24.8. The average molecular weight is 1880 g/mol. The molecule has 0 aromatic rings. The molecule has 4 saturated heterocycles. The number of nitrogens with zero attached hydrogens (tertiary/aromatic N) is 2. The molecule has 7 fully saturated rings. The van der Waals surface area contributed by atoms with Crippen molar-refractivity contribution in [2.75, 3.05) is 66.8 Å². The molecule has 4 aliphatic heterocycles. The molecule has 7 rings (SSSR count). The van der Waals surface area contributed by atoms with Crippen LogP contribution in [0.3, 0.4) is 0 Å². The highest BCUT2D eigenvalue weighted by molar-refractivity contribution is 5.85. The Kier molecular flexibility index (Phi) is 55.2. The van der Waals surface area contributed by atoms with Gasteiger partial charge >= 0.3 is 71.6 Å². The molecule has 32 nitrogen and oxygen atoms in total. The molecule has 0 aromatic heterocycles. The minimum Gasteiger partial charge on any atom is -0.481 e. The summed E-state index contributed by atoms with van der Waals surface area (Å²) in [6.07, 6.45) is 10.8. The minimum absolute atomic E-state index is 0.0439. The Morgan fingerprint density at radius 1 is 0.462 bits per heavy atom. The van der Waals surface area contributed by atoms with Crippen LogP contribution < -0.4 is 0 Å². The molecule has 2 bridgehead atoms. The van der Waals surface area contributed by atoms with Crippen LogP contribution in [0.5, 0.6) is 0 Å². The average Bonchev–Trinajstić information content (AvgIpc) is 1.57. The van der Waals surface area contributed by atoms with Crippen molar-refractivity contribution in [3.8, 4) is 12.1 Å². The monoisotopic (exact) mass is 1880 g/mol. The zero-order chi connectivity index (χ0) is 104. The summed E-state index contributed by atoms with van der Waals surface area (Å²) in [7, 11) is 1.49. The molecule has 0 aromatic carbocycles. The number of ether oxygens (including phenoxy) is 15. The van der Waals surface area contributed by atoms with Crippen LogP contribution in [0.1, 0.15) is 358 Å². The fourth-order valence-corrected chi connectivity index (χ4v) is 10.6. The van der Waals surface area contributed by atoms with Crippen molar-refractivity contribution in [2.45, 2.75) is 400 Å². The van der Waals surface area contributed by atoms with E-state index in [-0.39, 0.29) is 147 Å².